The first-order chi connectivity index (χ1) is 14.2. The van der Waals surface area contributed by atoms with Crippen molar-refractivity contribution in [3.05, 3.63) is 59.3 Å². The number of pyridine rings is 1. The fraction of sp³-hybridized carbons (Fsp3) is 0.217. The number of hydrogen-bond acceptors (Lipinski definition) is 6. The summed E-state index contributed by atoms with van der Waals surface area (Å²) in [5.41, 5.74) is 4.51. The van der Waals surface area contributed by atoms with Crippen molar-refractivity contribution in [3.63, 3.8) is 0 Å². The number of hydrogen-bond donors (Lipinski definition) is 3. The molecule has 0 saturated carbocycles. The van der Waals surface area contributed by atoms with Gasteiger partial charge in [-0.1, -0.05) is 6.07 Å². The SMILES string of the molecule is Cc1ccc(O)c(C)c1-c1cnc2[nH]c(-c3cnc(C(C)(C)O)nc3)cc2c1C#N. The molecule has 0 atom stereocenters. The Balaban J connectivity index is 1.88. The minimum absolute atomic E-state index is 0.179. The Labute approximate surface area is 173 Å². The van der Waals surface area contributed by atoms with Crippen LogP contribution in [0.4, 0.5) is 0 Å². The number of fused-ring (bicyclic) bond motifs is 1. The van der Waals surface area contributed by atoms with Gasteiger partial charge in [-0.15, -0.1) is 0 Å². The highest BCUT2D eigenvalue weighted by molar-refractivity contribution is 5.94. The number of H-pyrrole nitrogens is 1. The molecule has 0 radical (unpaired) electrons. The van der Waals surface area contributed by atoms with E-state index in [0.717, 1.165) is 22.4 Å². The summed E-state index contributed by atoms with van der Waals surface area (Å²) in [4.78, 5) is 16.2. The Kier molecular flexibility index (Phi) is 4.52. The molecule has 3 aromatic heterocycles. The quantitative estimate of drug-likeness (QED) is 0.477. The smallest absolute Gasteiger partial charge is 0.159 e. The van der Waals surface area contributed by atoms with E-state index in [-0.39, 0.29) is 5.75 Å². The van der Waals surface area contributed by atoms with Gasteiger partial charge in [0.25, 0.3) is 0 Å². The zero-order valence-corrected chi connectivity index (χ0v) is 17.1. The number of nitrogens with zero attached hydrogens (tertiary/aromatic N) is 4. The molecule has 7 nitrogen and oxygen atoms in total. The second-order valence-electron chi connectivity index (χ2n) is 7.86. The molecular weight excluding hydrogens is 378 g/mol. The van der Waals surface area contributed by atoms with E-state index in [9.17, 15) is 15.5 Å². The van der Waals surface area contributed by atoms with Crippen LogP contribution in [0.1, 0.15) is 36.4 Å². The number of nitriles is 1. The van der Waals surface area contributed by atoms with E-state index in [1.54, 1.807) is 38.5 Å². The van der Waals surface area contributed by atoms with Crippen LogP contribution in [-0.2, 0) is 5.60 Å². The van der Waals surface area contributed by atoms with Gasteiger partial charge in [0.15, 0.2) is 5.82 Å². The fourth-order valence-electron chi connectivity index (χ4n) is 3.57. The van der Waals surface area contributed by atoms with Crippen LogP contribution in [-0.4, -0.2) is 30.1 Å². The second-order valence-corrected chi connectivity index (χ2v) is 7.86. The summed E-state index contributed by atoms with van der Waals surface area (Å²) in [7, 11) is 0. The molecule has 0 aliphatic rings. The predicted octanol–water partition coefficient (Wildman–Crippen LogP) is 4.11. The van der Waals surface area contributed by atoms with Gasteiger partial charge in [-0.3, -0.25) is 0 Å². The molecule has 0 unspecified atom stereocenters. The van der Waals surface area contributed by atoms with Crippen LogP contribution < -0.4 is 0 Å². The molecule has 0 spiro atoms. The van der Waals surface area contributed by atoms with Crippen molar-refractivity contribution in [1.82, 2.24) is 19.9 Å². The molecule has 0 amide bonds. The third-order valence-electron chi connectivity index (χ3n) is 5.19. The van der Waals surface area contributed by atoms with Crippen molar-refractivity contribution in [2.24, 2.45) is 0 Å². The van der Waals surface area contributed by atoms with E-state index in [4.69, 9.17) is 0 Å². The maximum Gasteiger partial charge on any atom is 0.159 e. The minimum Gasteiger partial charge on any atom is -0.508 e. The van der Waals surface area contributed by atoms with Gasteiger partial charge in [-0.2, -0.15) is 5.26 Å². The van der Waals surface area contributed by atoms with E-state index < -0.39 is 5.60 Å². The van der Waals surface area contributed by atoms with Gasteiger partial charge in [0.1, 0.15) is 23.1 Å². The van der Waals surface area contributed by atoms with Crippen LogP contribution in [0.15, 0.2) is 36.8 Å². The fourth-order valence-corrected chi connectivity index (χ4v) is 3.57. The Morgan fingerprint density at radius 1 is 1.07 bits per heavy atom. The molecule has 0 saturated heterocycles. The summed E-state index contributed by atoms with van der Waals surface area (Å²) >= 11 is 0. The van der Waals surface area contributed by atoms with Gasteiger partial charge in [-0.25, -0.2) is 15.0 Å². The molecule has 7 heteroatoms. The lowest BCUT2D eigenvalue weighted by molar-refractivity contribution is 0.0687. The number of aromatic amines is 1. The third-order valence-corrected chi connectivity index (χ3v) is 5.19. The van der Waals surface area contributed by atoms with Crippen LogP contribution in [0, 0.1) is 25.2 Å². The van der Waals surface area contributed by atoms with Crippen molar-refractivity contribution >= 4 is 11.0 Å². The number of aromatic hydroxyl groups is 1. The lowest BCUT2D eigenvalue weighted by atomic mass is 9.92. The largest absolute Gasteiger partial charge is 0.508 e. The number of aliphatic hydroxyl groups is 1. The Hall–Kier alpha value is -3.76. The standard InChI is InChI=1S/C23H21N5O2/c1-12-5-6-19(29)13(2)20(12)17-11-25-21-15(16(17)8-24)7-18(28-21)14-9-26-22(27-10-14)23(3,4)30/h5-7,9-11,29-30H,1-4H3,(H,25,28). The highest BCUT2D eigenvalue weighted by atomic mass is 16.3. The van der Waals surface area contributed by atoms with E-state index in [0.29, 0.717) is 33.5 Å². The summed E-state index contributed by atoms with van der Waals surface area (Å²) in [6.07, 6.45) is 4.91. The maximum atomic E-state index is 10.2. The van der Waals surface area contributed by atoms with Crippen molar-refractivity contribution < 1.29 is 10.2 Å². The van der Waals surface area contributed by atoms with E-state index >= 15 is 0 Å². The first-order valence-electron chi connectivity index (χ1n) is 9.47. The van der Waals surface area contributed by atoms with Crippen LogP contribution in [0.3, 0.4) is 0 Å². The van der Waals surface area contributed by atoms with Crippen LogP contribution in [0.2, 0.25) is 0 Å². The highest BCUT2D eigenvalue weighted by Gasteiger charge is 2.21. The Morgan fingerprint density at radius 3 is 2.40 bits per heavy atom. The summed E-state index contributed by atoms with van der Waals surface area (Å²) in [6.45, 7) is 7.02. The van der Waals surface area contributed by atoms with Crippen molar-refractivity contribution in [3.8, 4) is 34.2 Å². The normalized spacial score (nSPS) is 11.6. The van der Waals surface area contributed by atoms with Gasteiger partial charge < -0.3 is 15.2 Å². The molecule has 0 aliphatic carbocycles. The monoisotopic (exact) mass is 399 g/mol. The van der Waals surface area contributed by atoms with E-state index in [1.165, 1.54) is 0 Å². The van der Waals surface area contributed by atoms with Gasteiger partial charge in [0.05, 0.1) is 11.3 Å². The van der Waals surface area contributed by atoms with E-state index in [1.807, 2.05) is 26.0 Å². The lowest BCUT2D eigenvalue weighted by Crippen LogP contribution is -2.19. The molecule has 1 aromatic carbocycles. The molecular formula is C23H21N5O2. The molecule has 30 heavy (non-hydrogen) atoms. The highest BCUT2D eigenvalue weighted by Crippen LogP contribution is 2.37. The summed E-state index contributed by atoms with van der Waals surface area (Å²) in [5.74, 6) is 0.508. The maximum absolute atomic E-state index is 10.2. The second kappa shape index (κ2) is 6.94. The number of benzene rings is 1. The van der Waals surface area contributed by atoms with Crippen LogP contribution in [0.5, 0.6) is 5.75 Å². The minimum atomic E-state index is -1.12. The number of aromatic nitrogens is 4. The van der Waals surface area contributed by atoms with Gasteiger partial charge in [-0.05, 0) is 56.5 Å². The zero-order chi connectivity index (χ0) is 21.6. The average molecular weight is 399 g/mol. The lowest BCUT2D eigenvalue weighted by Gasteiger charge is -2.14. The topological polar surface area (TPSA) is 119 Å². The number of rotatable bonds is 3. The predicted molar refractivity (Wildman–Crippen MR) is 114 cm³/mol. The summed E-state index contributed by atoms with van der Waals surface area (Å²) in [5, 5.41) is 30.8. The number of phenolic OH excluding ortho intramolecular Hbond substituents is 1. The average Bonchev–Trinajstić information content (AvgIpc) is 3.15. The molecule has 3 heterocycles. The van der Waals surface area contributed by atoms with Crippen molar-refractivity contribution in [2.75, 3.05) is 0 Å². The van der Waals surface area contributed by atoms with Crippen LogP contribution >= 0.6 is 0 Å². The Bertz CT molecular complexity index is 1310. The molecule has 4 aromatic rings. The molecule has 3 N–H and O–H groups in total. The number of aryl methyl sites for hydroxylation is 1. The van der Waals surface area contributed by atoms with E-state index in [2.05, 4.69) is 26.0 Å². The summed E-state index contributed by atoms with van der Waals surface area (Å²) < 4.78 is 0. The van der Waals surface area contributed by atoms with Crippen LogP contribution in [0.25, 0.3) is 33.4 Å². The first kappa shape index (κ1) is 19.6. The number of phenols is 1. The Morgan fingerprint density at radius 2 is 1.77 bits per heavy atom. The van der Waals surface area contributed by atoms with Crippen molar-refractivity contribution in [1.29, 1.82) is 5.26 Å². The number of nitrogens with one attached hydrogen (secondary N) is 1. The zero-order valence-electron chi connectivity index (χ0n) is 17.1. The molecule has 0 bridgehead atoms. The van der Waals surface area contributed by atoms with Gasteiger partial charge in [0, 0.05) is 35.1 Å². The molecule has 0 fully saturated rings. The molecule has 4 rings (SSSR count). The van der Waals surface area contributed by atoms with Gasteiger partial charge >= 0.3 is 0 Å². The molecule has 0 aliphatic heterocycles. The molecule has 150 valence electrons. The van der Waals surface area contributed by atoms with Crippen molar-refractivity contribution in [2.45, 2.75) is 33.3 Å². The van der Waals surface area contributed by atoms with Gasteiger partial charge in [0.2, 0.25) is 0 Å². The third kappa shape index (κ3) is 3.17. The summed E-state index contributed by atoms with van der Waals surface area (Å²) in [6, 6.07) is 7.62. The first-order valence-corrected chi connectivity index (χ1v) is 9.47.